The molecular weight excluding hydrogens is 200 g/mol. The number of rotatable bonds is 1. The van der Waals surface area contributed by atoms with Crippen LogP contribution in [-0.4, -0.2) is 25.0 Å². The molecule has 16 heavy (non-hydrogen) atoms. The molecule has 1 aromatic carbocycles. The fourth-order valence-corrected chi connectivity index (χ4v) is 2.85. The van der Waals surface area contributed by atoms with Gasteiger partial charge in [0.05, 0.1) is 19.5 Å². The van der Waals surface area contributed by atoms with Crippen LogP contribution < -0.4 is 10.2 Å². The Hall–Kier alpha value is -1.35. The van der Waals surface area contributed by atoms with E-state index in [-0.39, 0.29) is 5.91 Å². The van der Waals surface area contributed by atoms with E-state index in [1.807, 2.05) is 17.0 Å². The number of nitrogens with zero attached hydrogens (tertiary/aromatic N) is 1. The van der Waals surface area contributed by atoms with Crippen molar-refractivity contribution in [3.05, 3.63) is 29.8 Å². The summed E-state index contributed by atoms with van der Waals surface area (Å²) in [5.74, 6) is 0.285. The van der Waals surface area contributed by atoms with E-state index in [2.05, 4.69) is 17.4 Å². The second kappa shape index (κ2) is 3.91. The summed E-state index contributed by atoms with van der Waals surface area (Å²) in [5.41, 5.74) is 2.35. The van der Waals surface area contributed by atoms with E-state index in [0.29, 0.717) is 12.5 Å². The quantitative estimate of drug-likeness (QED) is 0.722. The number of anilines is 1. The molecule has 0 atom stereocenters. The van der Waals surface area contributed by atoms with E-state index in [1.165, 1.54) is 5.56 Å². The Morgan fingerprint density at radius 1 is 1.19 bits per heavy atom. The molecule has 2 heterocycles. The zero-order chi connectivity index (χ0) is 11.0. The highest BCUT2D eigenvalue weighted by Crippen LogP contribution is 2.31. The zero-order valence-corrected chi connectivity index (χ0v) is 9.36. The highest BCUT2D eigenvalue weighted by atomic mass is 16.2. The molecule has 0 bridgehead atoms. The predicted octanol–water partition coefficient (Wildman–Crippen LogP) is 0.302. The topological polar surface area (TPSA) is 36.9 Å². The van der Waals surface area contributed by atoms with Crippen LogP contribution >= 0.6 is 0 Å². The van der Waals surface area contributed by atoms with E-state index in [4.69, 9.17) is 0 Å². The zero-order valence-electron chi connectivity index (χ0n) is 9.36. The summed E-state index contributed by atoms with van der Waals surface area (Å²) in [6, 6.07) is 8.63. The van der Waals surface area contributed by atoms with Gasteiger partial charge in [-0.2, -0.15) is 0 Å². The minimum Gasteiger partial charge on any atom is -0.346 e. The second-order valence-electron chi connectivity index (χ2n) is 4.67. The molecule has 2 aliphatic heterocycles. The number of benzene rings is 1. The lowest BCUT2D eigenvalue weighted by atomic mass is 10.0. The lowest BCUT2D eigenvalue weighted by Gasteiger charge is -2.30. The Labute approximate surface area is 95.4 Å². The van der Waals surface area contributed by atoms with Crippen molar-refractivity contribution in [2.45, 2.75) is 25.3 Å². The van der Waals surface area contributed by atoms with Gasteiger partial charge in [-0.1, -0.05) is 18.2 Å². The van der Waals surface area contributed by atoms with Crippen LogP contribution in [0.2, 0.25) is 0 Å². The highest BCUT2D eigenvalue weighted by Gasteiger charge is 2.33. The molecule has 1 amide bonds. The lowest BCUT2D eigenvalue weighted by Crippen LogP contribution is -2.87. The molecule has 84 valence electrons. The van der Waals surface area contributed by atoms with Crippen molar-refractivity contribution in [2.75, 3.05) is 18.0 Å². The molecule has 0 saturated carbocycles. The van der Waals surface area contributed by atoms with Gasteiger partial charge in [-0.25, -0.2) is 0 Å². The fraction of sp³-hybridized carbons (Fsp3) is 0.462. The summed E-state index contributed by atoms with van der Waals surface area (Å²) in [5, 5.41) is 2.34. The molecule has 0 unspecified atom stereocenters. The fourth-order valence-electron chi connectivity index (χ4n) is 2.85. The van der Waals surface area contributed by atoms with Crippen LogP contribution in [0.15, 0.2) is 24.3 Å². The van der Waals surface area contributed by atoms with Gasteiger partial charge < -0.3 is 10.2 Å². The molecular formula is C13H17N2O+. The lowest BCUT2D eigenvalue weighted by molar-refractivity contribution is -0.662. The summed E-state index contributed by atoms with van der Waals surface area (Å²) in [7, 11) is 0. The molecule has 2 aliphatic rings. The van der Waals surface area contributed by atoms with Crippen LogP contribution in [0.3, 0.4) is 0 Å². The van der Waals surface area contributed by atoms with Crippen LogP contribution in [0.4, 0.5) is 5.69 Å². The maximum Gasteiger partial charge on any atom is 0.231 e. The third kappa shape index (κ3) is 1.52. The highest BCUT2D eigenvalue weighted by molar-refractivity contribution is 6.01. The number of nitrogens with two attached hydrogens (primary N) is 1. The van der Waals surface area contributed by atoms with Gasteiger partial charge in [0.2, 0.25) is 5.91 Å². The van der Waals surface area contributed by atoms with Crippen LogP contribution in [0.1, 0.15) is 18.4 Å². The first-order chi connectivity index (χ1) is 7.86. The standard InChI is InChI=1S/C13H16N2O/c16-13-9-10-3-1-2-4-12(10)15(13)11-5-7-14-8-6-11/h1-4,11,14H,5-9H2/p+1. The van der Waals surface area contributed by atoms with Crippen LogP contribution in [0, 0.1) is 0 Å². The number of piperidine rings is 1. The molecule has 0 aromatic heterocycles. The maximum absolute atomic E-state index is 12.0. The smallest absolute Gasteiger partial charge is 0.231 e. The van der Waals surface area contributed by atoms with Crippen molar-refractivity contribution < 1.29 is 10.1 Å². The number of carbonyl (C=O) groups is 1. The van der Waals surface area contributed by atoms with Crippen molar-refractivity contribution in [3.8, 4) is 0 Å². The molecule has 1 saturated heterocycles. The van der Waals surface area contributed by atoms with Crippen LogP contribution in [-0.2, 0) is 11.2 Å². The molecule has 0 radical (unpaired) electrons. The number of carbonyl (C=O) groups excluding carboxylic acids is 1. The van der Waals surface area contributed by atoms with Gasteiger partial charge in [0, 0.05) is 24.6 Å². The van der Waals surface area contributed by atoms with Gasteiger partial charge in [0.15, 0.2) is 0 Å². The largest absolute Gasteiger partial charge is 0.346 e. The number of hydrogen-bond acceptors (Lipinski definition) is 1. The SMILES string of the molecule is O=C1Cc2ccccc2N1C1CC[NH2+]CC1. The summed E-state index contributed by atoms with van der Waals surface area (Å²) < 4.78 is 0. The molecule has 0 aliphatic carbocycles. The number of amides is 1. The number of quaternary nitrogens is 1. The Kier molecular flexibility index (Phi) is 2.40. The first-order valence-electron chi connectivity index (χ1n) is 6.08. The molecule has 2 N–H and O–H groups in total. The number of fused-ring (bicyclic) bond motifs is 1. The van der Waals surface area contributed by atoms with Crippen molar-refractivity contribution in [2.24, 2.45) is 0 Å². The summed E-state index contributed by atoms with van der Waals surface area (Å²) in [6.07, 6.45) is 2.84. The van der Waals surface area contributed by atoms with Crippen molar-refractivity contribution in [3.63, 3.8) is 0 Å². The molecule has 1 fully saturated rings. The molecule has 3 nitrogen and oxygen atoms in total. The van der Waals surface area contributed by atoms with E-state index in [0.717, 1.165) is 31.6 Å². The third-order valence-corrected chi connectivity index (χ3v) is 3.63. The summed E-state index contributed by atoms with van der Waals surface area (Å²) in [6.45, 7) is 2.30. The van der Waals surface area contributed by atoms with Crippen LogP contribution in [0.5, 0.6) is 0 Å². The van der Waals surface area contributed by atoms with E-state index in [1.54, 1.807) is 0 Å². The average molecular weight is 217 g/mol. The normalized spacial score (nSPS) is 21.2. The monoisotopic (exact) mass is 217 g/mol. The predicted molar refractivity (Wildman–Crippen MR) is 62.3 cm³/mol. The first-order valence-corrected chi connectivity index (χ1v) is 6.08. The number of para-hydroxylation sites is 1. The summed E-state index contributed by atoms with van der Waals surface area (Å²) in [4.78, 5) is 14.1. The van der Waals surface area contributed by atoms with Crippen molar-refractivity contribution >= 4 is 11.6 Å². The minimum atomic E-state index is 0.285. The average Bonchev–Trinajstić information content (AvgIpc) is 2.66. The third-order valence-electron chi connectivity index (χ3n) is 3.63. The molecule has 0 spiro atoms. The van der Waals surface area contributed by atoms with Gasteiger partial charge in [0.25, 0.3) is 0 Å². The van der Waals surface area contributed by atoms with Crippen molar-refractivity contribution in [1.82, 2.24) is 0 Å². The Bertz CT molecular complexity index is 410. The van der Waals surface area contributed by atoms with E-state index in [9.17, 15) is 4.79 Å². The van der Waals surface area contributed by atoms with Gasteiger partial charge in [-0.3, -0.25) is 4.79 Å². The molecule has 3 rings (SSSR count). The second-order valence-corrected chi connectivity index (χ2v) is 4.67. The Morgan fingerprint density at radius 3 is 2.75 bits per heavy atom. The minimum absolute atomic E-state index is 0.285. The van der Waals surface area contributed by atoms with Crippen molar-refractivity contribution in [1.29, 1.82) is 0 Å². The van der Waals surface area contributed by atoms with Gasteiger partial charge in [0.1, 0.15) is 0 Å². The van der Waals surface area contributed by atoms with E-state index < -0.39 is 0 Å². The molecule has 3 heteroatoms. The van der Waals surface area contributed by atoms with Gasteiger partial charge in [-0.15, -0.1) is 0 Å². The van der Waals surface area contributed by atoms with E-state index >= 15 is 0 Å². The summed E-state index contributed by atoms with van der Waals surface area (Å²) >= 11 is 0. The first kappa shape index (κ1) is 9.85. The Balaban J connectivity index is 1.92. The van der Waals surface area contributed by atoms with Gasteiger partial charge >= 0.3 is 0 Å². The Morgan fingerprint density at radius 2 is 1.94 bits per heavy atom. The van der Waals surface area contributed by atoms with Gasteiger partial charge in [-0.05, 0) is 11.6 Å². The maximum atomic E-state index is 12.0. The number of hydrogen-bond donors (Lipinski definition) is 1. The van der Waals surface area contributed by atoms with Crippen LogP contribution in [0.25, 0.3) is 0 Å². The molecule has 1 aromatic rings.